The molecule has 1 fully saturated rings. The normalized spacial score (nSPS) is 16.0. The molecule has 0 atom stereocenters. The molecule has 0 bridgehead atoms. The number of hydrogen-bond donors (Lipinski definition) is 0. The summed E-state index contributed by atoms with van der Waals surface area (Å²) in [6, 6.07) is 13.7. The summed E-state index contributed by atoms with van der Waals surface area (Å²) in [5.41, 5.74) is 3.95. The summed E-state index contributed by atoms with van der Waals surface area (Å²) >= 11 is 6.85. The summed E-state index contributed by atoms with van der Waals surface area (Å²) in [5.74, 6) is 0.655. The lowest BCUT2D eigenvalue weighted by molar-refractivity contribution is -0.113. The van der Waals surface area contributed by atoms with Gasteiger partial charge in [-0.15, -0.1) is 0 Å². The lowest BCUT2D eigenvalue weighted by atomic mass is 10.0. The fourth-order valence-corrected chi connectivity index (χ4v) is 4.17. The highest BCUT2D eigenvalue weighted by Crippen LogP contribution is 2.39. The Morgan fingerprint density at radius 2 is 1.96 bits per heavy atom. The third-order valence-electron chi connectivity index (χ3n) is 4.15. The van der Waals surface area contributed by atoms with Crippen molar-refractivity contribution in [3.63, 3.8) is 0 Å². The van der Waals surface area contributed by atoms with Crippen LogP contribution >= 0.6 is 24.0 Å². The van der Waals surface area contributed by atoms with Crippen molar-refractivity contribution in [3.8, 4) is 5.75 Å². The van der Waals surface area contributed by atoms with Crippen LogP contribution in [0.25, 0.3) is 6.08 Å². The first-order valence-corrected chi connectivity index (χ1v) is 9.28. The van der Waals surface area contributed by atoms with Gasteiger partial charge in [0.15, 0.2) is 4.32 Å². The molecule has 0 radical (unpaired) electrons. The maximum absolute atomic E-state index is 13.0. The molecule has 2 aromatic carbocycles. The van der Waals surface area contributed by atoms with Crippen molar-refractivity contribution in [3.05, 3.63) is 64.1 Å². The molecule has 0 unspecified atom stereocenters. The van der Waals surface area contributed by atoms with E-state index in [0.29, 0.717) is 9.23 Å². The highest BCUT2D eigenvalue weighted by atomic mass is 32.2. The minimum Gasteiger partial charge on any atom is -0.496 e. The second-order valence-corrected chi connectivity index (χ2v) is 7.37. The van der Waals surface area contributed by atoms with Crippen molar-refractivity contribution in [1.29, 1.82) is 0 Å². The smallest absolute Gasteiger partial charge is 0.270 e. The molecule has 25 heavy (non-hydrogen) atoms. The van der Waals surface area contributed by atoms with E-state index in [1.54, 1.807) is 12.0 Å². The van der Waals surface area contributed by atoms with E-state index in [4.69, 9.17) is 17.0 Å². The highest BCUT2D eigenvalue weighted by molar-refractivity contribution is 8.27. The summed E-state index contributed by atoms with van der Waals surface area (Å²) in [6.45, 7) is 4.09. The SMILES string of the molecule is CCc1cccc(C)c1N1C(=O)/C(=C/c2ccccc2OC)SC1=S. The van der Waals surface area contributed by atoms with E-state index in [1.165, 1.54) is 11.8 Å². The molecular formula is C20H19NO2S2. The molecule has 1 saturated heterocycles. The molecule has 0 saturated carbocycles. The predicted octanol–water partition coefficient (Wildman–Crippen LogP) is 4.97. The van der Waals surface area contributed by atoms with Crippen LogP contribution in [0.2, 0.25) is 0 Å². The van der Waals surface area contributed by atoms with Crippen molar-refractivity contribution in [2.45, 2.75) is 20.3 Å². The van der Waals surface area contributed by atoms with Gasteiger partial charge in [0.25, 0.3) is 5.91 Å². The average Bonchev–Trinajstić information content (AvgIpc) is 2.89. The van der Waals surface area contributed by atoms with Gasteiger partial charge in [-0.05, 0) is 36.6 Å². The molecule has 0 aliphatic carbocycles. The largest absolute Gasteiger partial charge is 0.496 e. The fraction of sp³-hybridized carbons (Fsp3) is 0.200. The topological polar surface area (TPSA) is 29.5 Å². The Morgan fingerprint density at radius 1 is 1.20 bits per heavy atom. The number of aryl methyl sites for hydroxylation is 2. The maximum atomic E-state index is 13.0. The van der Waals surface area contributed by atoms with Crippen LogP contribution in [0.5, 0.6) is 5.75 Å². The van der Waals surface area contributed by atoms with Crippen molar-refractivity contribution in [2.75, 3.05) is 12.0 Å². The number of rotatable bonds is 4. The van der Waals surface area contributed by atoms with Crippen LogP contribution in [0.4, 0.5) is 5.69 Å². The Balaban J connectivity index is 2.03. The molecule has 1 amide bonds. The highest BCUT2D eigenvalue weighted by Gasteiger charge is 2.35. The van der Waals surface area contributed by atoms with E-state index in [0.717, 1.165) is 34.5 Å². The molecule has 1 aliphatic rings. The van der Waals surface area contributed by atoms with Gasteiger partial charge in [0.05, 0.1) is 17.7 Å². The minimum atomic E-state index is -0.0788. The summed E-state index contributed by atoms with van der Waals surface area (Å²) in [7, 11) is 1.62. The van der Waals surface area contributed by atoms with Gasteiger partial charge in [0.1, 0.15) is 5.75 Å². The van der Waals surface area contributed by atoms with Crippen LogP contribution in [0, 0.1) is 6.92 Å². The average molecular weight is 370 g/mol. The van der Waals surface area contributed by atoms with E-state index >= 15 is 0 Å². The van der Waals surface area contributed by atoms with Crippen LogP contribution in [0.1, 0.15) is 23.6 Å². The van der Waals surface area contributed by atoms with Gasteiger partial charge < -0.3 is 4.74 Å². The van der Waals surface area contributed by atoms with E-state index in [1.807, 2.05) is 55.5 Å². The quantitative estimate of drug-likeness (QED) is 0.562. The number of thiocarbonyl (C=S) groups is 1. The standard InChI is InChI=1S/C20H19NO2S2/c1-4-14-10-7-8-13(2)18(14)21-19(22)17(25-20(21)24)12-15-9-5-6-11-16(15)23-3/h5-12H,4H2,1-3H3/b17-12-. The molecular weight excluding hydrogens is 350 g/mol. The first kappa shape index (κ1) is 17.7. The number of methoxy groups -OCH3 is 1. The molecule has 5 heteroatoms. The lowest BCUT2D eigenvalue weighted by Gasteiger charge is -2.20. The number of anilines is 1. The number of carbonyl (C=O) groups excluding carboxylic acids is 1. The van der Waals surface area contributed by atoms with Crippen molar-refractivity contribution in [1.82, 2.24) is 0 Å². The number of ether oxygens (including phenoxy) is 1. The van der Waals surface area contributed by atoms with Gasteiger partial charge in [-0.2, -0.15) is 0 Å². The Bertz CT molecular complexity index is 874. The third kappa shape index (κ3) is 3.34. The van der Waals surface area contributed by atoms with Crippen molar-refractivity contribution >= 4 is 46.0 Å². The van der Waals surface area contributed by atoms with E-state index in [9.17, 15) is 4.79 Å². The molecule has 3 rings (SSSR count). The Labute approximate surface area is 157 Å². The summed E-state index contributed by atoms with van der Waals surface area (Å²) in [4.78, 5) is 15.3. The minimum absolute atomic E-state index is 0.0788. The molecule has 0 N–H and O–H groups in total. The van der Waals surface area contributed by atoms with Gasteiger partial charge in [-0.25, -0.2) is 0 Å². The van der Waals surface area contributed by atoms with Crippen molar-refractivity contribution < 1.29 is 9.53 Å². The van der Waals surface area contributed by atoms with E-state index in [2.05, 4.69) is 6.92 Å². The zero-order valence-electron chi connectivity index (χ0n) is 14.4. The number of amides is 1. The molecule has 3 nitrogen and oxygen atoms in total. The fourth-order valence-electron chi connectivity index (χ4n) is 2.91. The summed E-state index contributed by atoms with van der Waals surface area (Å²) in [5, 5.41) is 0. The molecule has 1 aliphatic heterocycles. The van der Waals surface area contributed by atoms with Gasteiger partial charge in [-0.3, -0.25) is 9.69 Å². The second kappa shape index (κ2) is 7.42. The van der Waals surface area contributed by atoms with Crippen LogP contribution in [-0.4, -0.2) is 17.3 Å². The molecule has 0 spiro atoms. The number of thioether (sulfide) groups is 1. The lowest BCUT2D eigenvalue weighted by Crippen LogP contribution is -2.29. The maximum Gasteiger partial charge on any atom is 0.270 e. The third-order valence-corrected chi connectivity index (χ3v) is 5.45. The number of para-hydroxylation sites is 2. The van der Waals surface area contributed by atoms with Crippen LogP contribution in [0.3, 0.4) is 0 Å². The van der Waals surface area contributed by atoms with Gasteiger partial charge in [-0.1, -0.05) is 67.3 Å². The van der Waals surface area contributed by atoms with Crippen LogP contribution in [-0.2, 0) is 11.2 Å². The first-order valence-electron chi connectivity index (χ1n) is 8.06. The second-order valence-electron chi connectivity index (χ2n) is 5.70. The Kier molecular flexibility index (Phi) is 5.25. The van der Waals surface area contributed by atoms with Crippen molar-refractivity contribution in [2.24, 2.45) is 0 Å². The van der Waals surface area contributed by atoms with Crippen LogP contribution in [0.15, 0.2) is 47.4 Å². The monoisotopic (exact) mass is 369 g/mol. The Hall–Kier alpha value is -2.11. The number of carbonyl (C=O) groups is 1. The molecule has 128 valence electrons. The van der Waals surface area contributed by atoms with E-state index in [-0.39, 0.29) is 5.91 Å². The summed E-state index contributed by atoms with van der Waals surface area (Å²) in [6.07, 6.45) is 2.70. The van der Waals surface area contributed by atoms with E-state index < -0.39 is 0 Å². The number of nitrogens with zero attached hydrogens (tertiary/aromatic N) is 1. The van der Waals surface area contributed by atoms with Gasteiger partial charge in [0.2, 0.25) is 0 Å². The molecule has 0 aromatic heterocycles. The molecule has 2 aromatic rings. The van der Waals surface area contributed by atoms with Gasteiger partial charge >= 0.3 is 0 Å². The summed E-state index contributed by atoms with van der Waals surface area (Å²) < 4.78 is 5.94. The first-order chi connectivity index (χ1) is 12.1. The molecule has 1 heterocycles. The number of benzene rings is 2. The Morgan fingerprint density at radius 3 is 2.68 bits per heavy atom. The zero-order chi connectivity index (χ0) is 18.0. The number of hydrogen-bond acceptors (Lipinski definition) is 4. The van der Waals surface area contributed by atoms with Crippen LogP contribution < -0.4 is 9.64 Å². The zero-order valence-corrected chi connectivity index (χ0v) is 16.0. The van der Waals surface area contributed by atoms with Gasteiger partial charge in [0, 0.05) is 5.56 Å². The predicted molar refractivity (Wildman–Crippen MR) is 109 cm³/mol.